The standard InChI is InChI=1S/C14H14N2O4S/c15-12-5-1-10(2-6-12)11-3-7-13(8-4-11)21(19,20)16-9-14(17)18/h1-8,16H,9,15H2,(H,17,18). The highest BCUT2D eigenvalue weighted by atomic mass is 32.2. The van der Waals surface area contributed by atoms with E-state index < -0.39 is 22.5 Å². The minimum absolute atomic E-state index is 0.0166. The highest BCUT2D eigenvalue weighted by Crippen LogP contribution is 2.22. The summed E-state index contributed by atoms with van der Waals surface area (Å²) in [5.41, 5.74) is 8.01. The fourth-order valence-electron chi connectivity index (χ4n) is 1.74. The summed E-state index contributed by atoms with van der Waals surface area (Å²) in [5.74, 6) is -1.24. The molecule has 0 aliphatic carbocycles. The lowest BCUT2D eigenvalue weighted by Gasteiger charge is -2.06. The average Bonchev–Trinajstić information content (AvgIpc) is 2.46. The lowest BCUT2D eigenvalue weighted by atomic mass is 10.1. The van der Waals surface area contributed by atoms with Crippen molar-refractivity contribution >= 4 is 21.7 Å². The number of rotatable bonds is 5. The van der Waals surface area contributed by atoms with Crippen molar-refractivity contribution in [2.24, 2.45) is 0 Å². The molecular formula is C14H14N2O4S. The van der Waals surface area contributed by atoms with Gasteiger partial charge in [0, 0.05) is 5.69 Å². The zero-order chi connectivity index (χ0) is 15.5. The van der Waals surface area contributed by atoms with Crippen molar-refractivity contribution in [3.8, 4) is 11.1 Å². The normalized spacial score (nSPS) is 11.2. The first-order valence-corrected chi connectivity index (χ1v) is 7.54. The Labute approximate surface area is 122 Å². The topological polar surface area (TPSA) is 109 Å². The van der Waals surface area contributed by atoms with E-state index in [9.17, 15) is 13.2 Å². The minimum Gasteiger partial charge on any atom is -0.480 e. The smallest absolute Gasteiger partial charge is 0.318 e. The monoisotopic (exact) mass is 306 g/mol. The summed E-state index contributed by atoms with van der Waals surface area (Å²) in [6, 6.07) is 13.3. The number of hydrogen-bond acceptors (Lipinski definition) is 4. The zero-order valence-corrected chi connectivity index (χ0v) is 11.8. The molecule has 6 nitrogen and oxygen atoms in total. The molecule has 0 amide bonds. The van der Waals surface area contributed by atoms with Crippen LogP contribution in [0.25, 0.3) is 11.1 Å². The van der Waals surface area contributed by atoms with Gasteiger partial charge >= 0.3 is 5.97 Å². The van der Waals surface area contributed by atoms with Crippen molar-refractivity contribution in [2.75, 3.05) is 12.3 Å². The van der Waals surface area contributed by atoms with Gasteiger partial charge in [-0.25, -0.2) is 8.42 Å². The van der Waals surface area contributed by atoms with Crippen molar-refractivity contribution in [1.29, 1.82) is 0 Å². The van der Waals surface area contributed by atoms with Gasteiger partial charge in [-0.05, 0) is 35.4 Å². The van der Waals surface area contributed by atoms with Crippen LogP contribution in [0.5, 0.6) is 0 Å². The van der Waals surface area contributed by atoms with Gasteiger partial charge < -0.3 is 10.8 Å². The summed E-state index contributed by atoms with van der Waals surface area (Å²) in [6.07, 6.45) is 0. The van der Waals surface area contributed by atoms with E-state index in [1.165, 1.54) is 12.1 Å². The first kappa shape index (κ1) is 15.0. The van der Waals surface area contributed by atoms with Crippen LogP contribution in [0.2, 0.25) is 0 Å². The van der Waals surface area contributed by atoms with Gasteiger partial charge in [0.15, 0.2) is 0 Å². The van der Waals surface area contributed by atoms with Crippen LogP contribution in [-0.4, -0.2) is 26.0 Å². The Kier molecular flexibility index (Phi) is 4.25. The molecule has 0 radical (unpaired) electrons. The zero-order valence-electron chi connectivity index (χ0n) is 11.0. The molecule has 0 bridgehead atoms. The van der Waals surface area contributed by atoms with Crippen LogP contribution in [0, 0.1) is 0 Å². The van der Waals surface area contributed by atoms with Crippen LogP contribution < -0.4 is 10.5 Å². The predicted molar refractivity (Wildman–Crippen MR) is 79.1 cm³/mol. The Morgan fingerprint density at radius 3 is 1.95 bits per heavy atom. The van der Waals surface area contributed by atoms with Gasteiger partial charge in [-0.2, -0.15) is 4.72 Å². The lowest BCUT2D eigenvalue weighted by molar-refractivity contribution is -0.135. The maximum absolute atomic E-state index is 11.8. The van der Waals surface area contributed by atoms with Gasteiger partial charge in [0.1, 0.15) is 6.54 Å². The van der Waals surface area contributed by atoms with Crippen LogP contribution in [-0.2, 0) is 14.8 Å². The number of anilines is 1. The molecule has 0 aliphatic heterocycles. The van der Waals surface area contributed by atoms with Gasteiger partial charge in [-0.3, -0.25) is 4.79 Å². The molecule has 0 saturated heterocycles. The third-order valence-electron chi connectivity index (χ3n) is 2.82. The highest BCUT2D eigenvalue weighted by Gasteiger charge is 2.14. The molecule has 0 atom stereocenters. The van der Waals surface area contributed by atoms with Crippen LogP contribution in [0.4, 0.5) is 5.69 Å². The molecule has 7 heteroatoms. The number of carboxylic acids is 1. The van der Waals surface area contributed by atoms with Crippen molar-refractivity contribution in [3.63, 3.8) is 0 Å². The molecule has 2 aromatic rings. The maximum atomic E-state index is 11.8. The van der Waals surface area contributed by atoms with E-state index in [1.54, 1.807) is 24.3 Å². The Morgan fingerprint density at radius 1 is 1.00 bits per heavy atom. The second-order valence-corrected chi connectivity index (χ2v) is 6.13. The Morgan fingerprint density at radius 2 is 1.48 bits per heavy atom. The average molecular weight is 306 g/mol. The molecule has 2 rings (SSSR count). The van der Waals surface area contributed by atoms with Crippen molar-refractivity contribution < 1.29 is 18.3 Å². The van der Waals surface area contributed by atoms with E-state index in [0.29, 0.717) is 5.69 Å². The number of nitrogens with one attached hydrogen (secondary N) is 1. The fourth-order valence-corrected chi connectivity index (χ4v) is 2.72. The molecule has 110 valence electrons. The SMILES string of the molecule is Nc1ccc(-c2ccc(S(=O)(=O)NCC(=O)O)cc2)cc1. The van der Waals surface area contributed by atoms with E-state index in [1.807, 2.05) is 16.9 Å². The van der Waals surface area contributed by atoms with Gasteiger partial charge in [0.05, 0.1) is 4.90 Å². The number of nitrogens with two attached hydrogens (primary N) is 1. The summed E-state index contributed by atoms with van der Waals surface area (Å²) >= 11 is 0. The summed E-state index contributed by atoms with van der Waals surface area (Å²) in [6.45, 7) is -0.651. The Hall–Kier alpha value is -2.38. The molecule has 0 saturated carbocycles. The highest BCUT2D eigenvalue weighted by molar-refractivity contribution is 7.89. The van der Waals surface area contributed by atoms with Crippen molar-refractivity contribution in [1.82, 2.24) is 4.72 Å². The molecule has 0 fully saturated rings. The number of nitrogen functional groups attached to an aromatic ring is 1. The number of carbonyl (C=O) groups is 1. The molecular weight excluding hydrogens is 292 g/mol. The molecule has 2 aromatic carbocycles. The van der Waals surface area contributed by atoms with E-state index in [-0.39, 0.29) is 4.90 Å². The number of carboxylic acid groups (broad SMARTS) is 1. The van der Waals surface area contributed by atoms with Crippen LogP contribution in [0.1, 0.15) is 0 Å². The van der Waals surface area contributed by atoms with Crippen molar-refractivity contribution in [2.45, 2.75) is 4.90 Å². The molecule has 0 unspecified atom stereocenters. The minimum atomic E-state index is -3.81. The summed E-state index contributed by atoms with van der Waals surface area (Å²) in [7, 11) is -3.81. The molecule has 21 heavy (non-hydrogen) atoms. The van der Waals surface area contributed by atoms with Crippen molar-refractivity contribution in [3.05, 3.63) is 48.5 Å². The van der Waals surface area contributed by atoms with Gasteiger partial charge in [-0.1, -0.05) is 24.3 Å². The van der Waals surface area contributed by atoms with E-state index in [4.69, 9.17) is 10.8 Å². The van der Waals surface area contributed by atoms with Gasteiger partial charge in [-0.15, -0.1) is 0 Å². The fraction of sp³-hybridized carbons (Fsp3) is 0.0714. The first-order valence-electron chi connectivity index (χ1n) is 6.06. The van der Waals surface area contributed by atoms with E-state index in [2.05, 4.69) is 0 Å². The van der Waals surface area contributed by atoms with E-state index >= 15 is 0 Å². The largest absolute Gasteiger partial charge is 0.480 e. The van der Waals surface area contributed by atoms with Crippen LogP contribution >= 0.6 is 0 Å². The number of aliphatic carboxylic acids is 1. The lowest BCUT2D eigenvalue weighted by Crippen LogP contribution is -2.29. The Balaban J connectivity index is 2.22. The molecule has 0 aliphatic rings. The van der Waals surface area contributed by atoms with Gasteiger partial charge in [0.25, 0.3) is 0 Å². The molecule has 0 heterocycles. The third-order valence-corrected chi connectivity index (χ3v) is 4.24. The first-order chi connectivity index (χ1) is 9.88. The van der Waals surface area contributed by atoms with Gasteiger partial charge in [0.2, 0.25) is 10.0 Å². The summed E-state index contributed by atoms with van der Waals surface area (Å²) in [5, 5.41) is 8.50. The maximum Gasteiger partial charge on any atom is 0.318 e. The molecule has 0 spiro atoms. The summed E-state index contributed by atoms with van der Waals surface area (Å²) in [4.78, 5) is 10.4. The second kappa shape index (κ2) is 5.94. The molecule has 0 aromatic heterocycles. The van der Waals surface area contributed by atoms with Crippen LogP contribution in [0.3, 0.4) is 0 Å². The van der Waals surface area contributed by atoms with Crippen LogP contribution in [0.15, 0.2) is 53.4 Å². The Bertz CT molecular complexity index is 738. The second-order valence-electron chi connectivity index (χ2n) is 4.36. The quantitative estimate of drug-likeness (QED) is 0.721. The number of hydrogen-bond donors (Lipinski definition) is 3. The predicted octanol–water partition coefficient (Wildman–Crippen LogP) is 1.30. The summed E-state index contributed by atoms with van der Waals surface area (Å²) < 4.78 is 25.7. The molecule has 4 N–H and O–H groups in total. The number of sulfonamides is 1. The third kappa shape index (κ3) is 3.80. The number of benzene rings is 2. The van der Waals surface area contributed by atoms with E-state index in [0.717, 1.165) is 11.1 Å².